The monoisotopic (exact) mass is 194 g/mol. The average molecular weight is 194 g/mol. The Kier molecular flexibility index (Phi) is 3.06. The summed E-state index contributed by atoms with van der Waals surface area (Å²) < 4.78 is 4.54. The summed E-state index contributed by atoms with van der Waals surface area (Å²) in [6.07, 6.45) is 1.10. The van der Waals surface area contributed by atoms with E-state index in [9.17, 15) is 4.79 Å². The van der Waals surface area contributed by atoms with Gasteiger partial charge in [-0.05, 0) is 12.1 Å². The number of nitrogen functional groups attached to an aromatic ring is 1. The number of nitrogens with zero attached hydrogens (tertiary/aromatic N) is 1. The second-order valence-electron chi connectivity index (χ2n) is 2.54. The van der Waals surface area contributed by atoms with Gasteiger partial charge in [0.25, 0.3) is 0 Å². The third-order valence-corrected chi connectivity index (χ3v) is 1.73. The van der Waals surface area contributed by atoms with Crippen molar-refractivity contribution >= 4 is 17.9 Å². The Hall–Kier alpha value is -2.04. The van der Waals surface area contributed by atoms with E-state index >= 15 is 0 Å². The van der Waals surface area contributed by atoms with Crippen LogP contribution in [0, 0.1) is 0 Å². The van der Waals surface area contributed by atoms with E-state index in [0.717, 1.165) is 6.21 Å². The average Bonchev–Trinajstić information content (AvgIpc) is 2.20. The number of carbonyl (C=O) groups excluding carboxylic acids is 1. The van der Waals surface area contributed by atoms with E-state index in [1.54, 1.807) is 18.2 Å². The van der Waals surface area contributed by atoms with Gasteiger partial charge < -0.3 is 15.7 Å². The number of oxime groups is 1. The first-order valence-electron chi connectivity index (χ1n) is 3.85. The van der Waals surface area contributed by atoms with Crippen LogP contribution in [0.2, 0.25) is 0 Å². The van der Waals surface area contributed by atoms with Crippen molar-refractivity contribution in [3.8, 4) is 0 Å². The fraction of sp³-hybridized carbons (Fsp3) is 0.111. The Balaban J connectivity index is 3.27. The Morgan fingerprint density at radius 3 is 2.93 bits per heavy atom. The number of rotatable bonds is 2. The molecule has 1 aromatic carbocycles. The maximum atomic E-state index is 11.2. The second kappa shape index (κ2) is 4.27. The number of nitrogens with two attached hydrogens (primary N) is 1. The lowest BCUT2D eigenvalue weighted by Gasteiger charge is -2.05. The van der Waals surface area contributed by atoms with E-state index in [2.05, 4.69) is 9.89 Å². The van der Waals surface area contributed by atoms with Gasteiger partial charge in [0.15, 0.2) is 0 Å². The first-order chi connectivity index (χ1) is 6.70. The van der Waals surface area contributed by atoms with Crippen molar-refractivity contribution in [1.82, 2.24) is 0 Å². The molecule has 0 saturated carbocycles. The molecule has 0 saturated heterocycles. The van der Waals surface area contributed by atoms with Gasteiger partial charge in [-0.1, -0.05) is 11.2 Å². The molecular weight excluding hydrogens is 184 g/mol. The van der Waals surface area contributed by atoms with Gasteiger partial charge >= 0.3 is 5.97 Å². The van der Waals surface area contributed by atoms with Crippen molar-refractivity contribution in [1.29, 1.82) is 0 Å². The molecule has 0 unspecified atom stereocenters. The summed E-state index contributed by atoms with van der Waals surface area (Å²) in [5.74, 6) is -0.521. The molecule has 1 aromatic rings. The highest BCUT2D eigenvalue weighted by Crippen LogP contribution is 2.15. The van der Waals surface area contributed by atoms with E-state index in [1.807, 2.05) is 0 Å². The van der Waals surface area contributed by atoms with Gasteiger partial charge in [0.1, 0.15) is 0 Å². The smallest absolute Gasteiger partial charge is 0.338 e. The van der Waals surface area contributed by atoms with Crippen LogP contribution in [0.15, 0.2) is 23.4 Å². The predicted molar refractivity (Wildman–Crippen MR) is 51.6 cm³/mol. The number of ether oxygens (including phenoxy) is 1. The van der Waals surface area contributed by atoms with Crippen molar-refractivity contribution in [3.05, 3.63) is 29.3 Å². The van der Waals surface area contributed by atoms with E-state index in [1.165, 1.54) is 7.11 Å². The van der Waals surface area contributed by atoms with Crippen LogP contribution < -0.4 is 5.73 Å². The molecule has 1 rings (SSSR count). The molecule has 0 aliphatic heterocycles. The molecule has 0 bridgehead atoms. The van der Waals surface area contributed by atoms with Crippen LogP contribution in [0.25, 0.3) is 0 Å². The number of methoxy groups -OCH3 is 1. The van der Waals surface area contributed by atoms with E-state index in [0.29, 0.717) is 11.3 Å². The van der Waals surface area contributed by atoms with Crippen molar-refractivity contribution < 1.29 is 14.7 Å². The van der Waals surface area contributed by atoms with E-state index < -0.39 is 5.97 Å². The van der Waals surface area contributed by atoms with Crippen LogP contribution in [0.5, 0.6) is 0 Å². The number of carbonyl (C=O) groups is 1. The fourth-order valence-electron chi connectivity index (χ4n) is 1.07. The molecule has 0 radical (unpaired) electrons. The van der Waals surface area contributed by atoms with Gasteiger partial charge in [0.05, 0.1) is 18.9 Å². The van der Waals surface area contributed by atoms with Gasteiger partial charge in [-0.2, -0.15) is 0 Å². The lowest BCUT2D eigenvalue weighted by molar-refractivity contribution is 0.0600. The highest BCUT2D eigenvalue weighted by atomic mass is 16.5. The van der Waals surface area contributed by atoms with Crippen molar-refractivity contribution in [2.75, 3.05) is 12.8 Å². The third kappa shape index (κ3) is 1.82. The first kappa shape index (κ1) is 10.0. The highest BCUT2D eigenvalue weighted by molar-refractivity contribution is 6.02. The van der Waals surface area contributed by atoms with Gasteiger partial charge in [0.2, 0.25) is 0 Å². The predicted octanol–water partition coefficient (Wildman–Crippen LogP) is 0.863. The van der Waals surface area contributed by atoms with Crippen LogP contribution in [0.4, 0.5) is 5.69 Å². The molecule has 0 aliphatic rings. The maximum absolute atomic E-state index is 11.2. The zero-order valence-corrected chi connectivity index (χ0v) is 7.60. The number of esters is 1. The van der Waals surface area contributed by atoms with Crippen molar-refractivity contribution in [3.63, 3.8) is 0 Å². The zero-order chi connectivity index (χ0) is 10.6. The molecule has 5 heteroatoms. The molecule has 0 atom stereocenters. The molecule has 0 amide bonds. The van der Waals surface area contributed by atoms with Gasteiger partial charge in [-0.15, -0.1) is 0 Å². The molecule has 0 aromatic heterocycles. The fourth-order valence-corrected chi connectivity index (χ4v) is 1.07. The van der Waals surface area contributed by atoms with Crippen LogP contribution in [-0.4, -0.2) is 24.5 Å². The van der Waals surface area contributed by atoms with Crippen LogP contribution in [0.3, 0.4) is 0 Å². The molecular formula is C9H10N2O3. The number of benzene rings is 1. The maximum Gasteiger partial charge on any atom is 0.338 e. The SMILES string of the molecule is COC(=O)c1cccc(N)c1/C=N\O. The quantitative estimate of drug-likeness (QED) is 0.240. The summed E-state index contributed by atoms with van der Waals surface area (Å²) in [6.45, 7) is 0. The first-order valence-corrected chi connectivity index (χ1v) is 3.85. The Morgan fingerprint density at radius 2 is 2.36 bits per heavy atom. The zero-order valence-electron chi connectivity index (χ0n) is 7.60. The Bertz CT molecular complexity index is 374. The minimum absolute atomic E-state index is 0.269. The normalized spacial score (nSPS) is 10.4. The molecule has 0 spiro atoms. The highest BCUT2D eigenvalue weighted by Gasteiger charge is 2.12. The number of anilines is 1. The molecule has 3 N–H and O–H groups in total. The van der Waals surface area contributed by atoms with E-state index in [-0.39, 0.29) is 5.56 Å². The standard InChI is InChI=1S/C9H10N2O3/c1-14-9(12)6-3-2-4-8(10)7(6)5-11-13/h2-5,13H,10H2,1H3/b11-5-. The second-order valence-corrected chi connectivity index (χ2v) is 2.54. The van der Waals surface area contributed by atoms with Crippen LogP contribution in [0.1, 0.15) is 15.9 Å². The molecule has 0 aliphatic carbocycles. The molecule has 74 valence electrons. The molecule has 14 heavy (non-hydrogen) atoms. The summed E-state index contributed by atoms with van der Waals surface area (Å²) in [5.41, 5.74) is 6.56. The van der Waals surface area contributed by atoms with E-state index in [4.69, 9.17) is 10.9 Å². The summed E-state index contributed by atoms with van der Waals surface area (Å²) in [4.78, 5) is 11.2. The minimum atomic E-state index is -0.521. The summed E-state index contributed by atoms with van der Waals surface area (Å²) >= 11 is 0. The summed E-state index contributed by atoms with van der Waals surface area (Å²) in [7, 11) is 1.27. The van der Waals surface area contributed by atoms with Crippen LogP contribution >= 0.6 is 0 Å². The number of hydrogen-bond donors (Lipinski definition) is 2. The topological polar surface area (TPSA) is 84.9 Å². The Morgan fingerprint density at radius 1 is 1.64 bits per heavy atom. The molecule has 5 nitrogen and oxygen atoms in total. The number of hydrogen-bond acceptors (Lipinski definition) is 5. The van der Waals surface area contributed by atoms with Crippen molar-refractivity contribution in [2.24, 2.45) is 5.16 Å². The minimum Gasteiger partial charge on any atom is -0.465 e. The van der Waals surface area contributed by atoms with Crippen LogP contribution in [-0.2, 0) is 4.74 Å². The van der Waals surface area contributed by atoms with Gasteiger partial charge in [0, 0.05) is 11.3 Å². The van der Waals surface area contributed by atoms with Crippen molar-refractivity contribution in [2.45, 2.75) is 0 Å². The van der Waals surface area contributed by atoms with Gasteiger partial charge in [-0.25, -0.2) is 4.79 Å². The lowest BCUT2D eigenvalue weighted by atomic mass is 10.1. The Labute approximate surface area is 80.8 Å². The summed E-state index contributed by atoms with van der Waals surface area (Å²) in [6, 6.07) is 4.76. The largest absolute Gasteiger partial charge is 0.465 e. The third-order valence-electron chi connectivity index (χ3n) is 1.73. The van der Waals surface area contributed by atoms with Gasteiger partial charge in [-0.3, -0.25) is 0 Å². The molecule has 0 heterocycles. The summed E-state index contributed by atoms with van der Waals surface area (Å²) in [5, 5.41) is 11.2. The molecule has 0 fully saturated rings. The lowest BCUT2D eigenvalue weighted by Crippen LogP contribution is -2.07.